The number of amides is 1. The van der Waals surface area contributed by atoms with Gasteiger partial charge in [-0.3, -0.25) is 4.79 Å². The van der Waals surface area contributed by atoms with Crippen LogP contribution in [0.2, 0.25) is 0 Å². The third-order valence-corrected chi connectivity index (χ3v) is 3.96. The van der Waals surface area contributed by atoms with Crippen molar-refractivity contribution >= 4 is 22.6 Å². The molecule has 0 saturated heterocycles. The number of nitrogens with zero attached hydrogens (tertiary/aromatic N) is 3. The minimum absolute atomic E-state index is 0.00215. The molecule has 0 atom stereocenters. The molecule has 1 amide bonds. The largest absolute Gasteiger partial charge is 0.368 e. The zero-order valence-corrected chi connectivity index (χ0v) is 11.9. The molecule has 0 spiro atoms. The van der Waals surface area contributed by atoms with Gasteiger partial charge >= 0.3 is 0 Å². The van der Waals surface area contributed by atoms with Crippen molar-refractivity contribution in [2.45, 2.75) is 13.1 Å². The summed E-state index contributed by atoms with van der Waals surface area (Å²) in [4.78, 5) is 22.6. The SMILES string of the molecule is Nc1ncc2c(n1)CN(C(=O)c1ccc3ccccc3c1)C2. The van der Waals surface area contributed by atoms with E-state index in [-0.39, 0.29) is 11.9 Å². The first-order valence-electron chi connectivity index (χ1n) is 7.09. The van der Waals surface area contributed by atoms with Crippen molar-refractivity contribution in [3.63, 3.8) is 0 Å². The molecular formula is C17H14N4O. The second kappa shape index (κ2) is 4.80. The molecule has 1 aromatic heterocycles. The van der Waals surface area contributed by atoms with Gasteiger partial charge in [-0.1, -0.05) is 30.3 Å². The van der Waals surface area contributed by atoms with Gasteiger partial charge in [-0.2, -0.15) is 0 Å². The van der Waals surface area contributed by atoms with E-state index < -0.39 is 0 Å². The maximum Gasteiger partial charge on any atom is 0.254 e. The van der Waals surface area contributed by atoms with E-state index in [1.807, 2.05) is 42.5 Å². The quantitative estimate of drug-likeness (QED) is 0.747. The fraction of sp³-hybridized carbons (Fsp3) is 0.118. The molecule has 0 fully saturated rings. The van der Waals surface area contributed by atoms with Gasteiger partial charge in [0.2, 0.25) is 5.95 Å². The third-order valence-electron chi connectivity index (χ3n) is 3.96. The van der Waals surface area contributed by atoms with Crippen LogP contribution in [0.15, 0.2) is 48.7 Å². The molecule has 22 heavy (non-hydrogen) atoms. The van der Waals surface area contributed by atoms with Crippen LogP contribution in [0.4, 0.5) is 5.95 Å². The van der Waals surface area contributed by atoms with Crippen LogP contribution in [0.5, 0.6) is 0 Å². The first-order chi connectivity index (χ1) is 10.7. The van der Waals surface area contributed by atoms with E-state index in [4.69, 9.17) is 5.73 Å². The summed E-state index contributed by atoms with van der Waals surface area (Å²) in [7, 11) is 0. The lowest BCUT2D eigenvalue weighted by Crippen LogP contribution is -2.25. The average Bonchev–Trinajstić information content (AvgIpc) is 2.96. The molecule has 0 aliphatic carbocycles. The molecule has 3 aromatic rings. The number of hydrogen-bond acceptors (Lipinski definition) is 4. The van der Waals surface area contributed by atoms with Gasteiger partial charge in [-0.15, -0.1) is 0 Å². The number of fused-ring (bicyclic) bond motifs is 2. The van der Waals surface area contributed by atoms with Crippen molar-refractivity contribution in [2.24, 2.45) is 0 Å². The Balaban J connectivity index is 1.64. The second-order valence-corrected chi connectivity index (χ2v) is 5.42. The molecule has 108 valence electrons. The van der Waals surface area contributed by atoms with E-state index in [0.717, 1.165) is 22.0 Å². The van der Waals surface area contributed by atoms with Gasteiger partial charge in [0.15, 0.2) is 0 Å². The number of benzene rings is 2. The standard InChI is InChI=1S/C17H14N4O/c18-17-19-8-14-9-21(10-15(14)20-17)16(22)13-6-5-11-3-1-2-4-12(11)7-13/h1-8H,9-10H2,(H2,18,19,20). The Bertz CT molecular complexity index is 891. The van der Waals surface area contributed by atoms with Crippen molar-refractivity contribution in [3.8, 4) is 0 Å². The zero-order valence-electron chi connectivity index (χ0n) is 11.9. The van der Waals surface area contributed by atoms with Gasteiger partial charge in [0.25, 0.3) is 5.91 Å². The number of rotatable bonds is 1. The van der Waals surface area contributed by atoms with E-state index in [2.05, 4.69) is 9.97 Å². The summed E-state index contributed by atoms with van der Waals surface area (Å²) < 4.78 is 0. The Labute approximate surface area is 127 Å². The van der Waals surface area contributed by atoms with Gasteiger partial charge in [-0.05, 0) is 22.9 Å². The van der Waals surface area contributed by atoms with Crippen molar-refractivity contribution in [1.29, 1.82) is 0 Å². The molecule has 2 aromatic carbocycles. The van der Waals surface area contributed by atoms with Crippen LogP contribution < -0.4 is 5.73 Å². The van der Waals surface area contributed by atoms with Crippen LogP contribution in [0, 0.1) is 0 Å². The Kier molecular flexibility index (Phi) is 2.79. The Hall–Kier alpha value is -2.95. The molecule has 5 nitrogen and oxygen atoms in total. The predicted octanol–water partition coefficient (Wildman–Crippen LogP) is 2.37. The highest BCUT2D eigenvalue weighted by atomic mass is 16.2. The first kappa shape index (κ1) is 12.8. The first-order valence-corrected chi connectivity index (χ1v) is 7.09. The van der Waals surface area contributed by atoms with Gasteiger partial charge in [0, 0.05) is 23.9 Å². The fourth-order valence-electron chi connectivity index (χ4n) is 2.82. The number of carbonyl (C=O) groups excluding carboxylic acids is 1. The molecule has 1 aliphatic heterocycles. The molecule has 2 N–H and O–H groups in total. The van der Waals surface area contributed by atoms with Gasteiger partial charge in [0.1, 0.15) is 0 Å². The Morgan fingerprint density at radius 3 is 2.77 bits per heavy atom. The lowest BCUT2D eigenvalue weighted by Gasteiger charge is -2.15. The Morgan fingerprint density at radius 1 is 1.09 bits per heavy atom. The Morgan fingerprint density at radius 2 is 1.91 bits per heavy atom. The van der Waals surface area contributed by atoms with E-state index >= 15 is 0 Å². The second-order valence-electron chi connectivity index (χ2n) is 5.42. The number of carbonyl (C=O) groups is 1. The summed E-state index contributed by atoms with van der Waals surface area (Å²) in [5.74, 6) is 0.251. The summed E-state index contributed by atoms with van der Waals surface area (Å²) in [6, 6.07) is 13.8. The highest BCUT2D eigenvalue weighted by Crippen LogP contribution is 2.24. The molecule has 5 heteroatoms. The molecular weight excluding hydrogens is 276 g/mol. The number of aromatic nitrogens is 2. The summed E-state index contributed by atoms with van der Waals surface area (Å²) in [6.07, 6.45) is 1.70. The number of anilines is 1. The lowest BCUT2D eigenvalue weighted by atomic mass is 10.1. The third kappa shape index (κ3) is 2.07. The zero-order chi connectivity index (χ0) is 15.1. The molecule has 0 saturated carbocycles. The van der Waals surface area contributed by atoms with E-state index in [0.29, 0.717) is 18.7 Å². The summed E-state index contributed by atoms with van der Waals surface area (Å²) >= 11 is 0. The summed E-state index contributed by atoms with van der Waals surface area (Å²) in [5, 5.41) is 2.19. The van der Waals surface area contributed by atoms with Gasteiger partial charge in [0.05, 0.1) is 12.2 Å². The number of nitrogens with two attached hydrogens (primary N) is 1. The lowest BCUT2D eigenvalue weighted by molar-refractivity contribution is 0.0750. The van der Waals surface area contributed by atoms with Crippen molar-refractivity contribution in [2.75, 3.05) is 5.73 Å². The predicted molar refractivity (Wildman–Crippen MR) is 84.0 cm³/mol. The highest BCUT2D eigenvalue weighted by molar-refractivity contribution is 5.98. The minimum Gasteiger partial charge on any atom is -0.368 e. The van der Waals surface area contributed by atoms with Crippen molar-refractivity contribution < 1.29 is 4.79 Å². The van der Waals surface area contributed by atoms with Crippen LogP contribution in [-0.2, 0) is 13.1 Å². The van der Waals surface area contributed by atoms with E-state index in [1.165, 1.54) is 0 Å². The smallest absolute Gasteiger partial charge is 0.254 e. The van der Waals surface area contributed by atoms with Crippen LogP contribution >= 0.6 is 0 Å². The van der Waals surface area contributed by atoms with Crippen molar-refractivity contribution in [3.05, 3.63) is 65.5 Å². The normalized spacial score (nSPS) is 13.4. The average molecular weight is 290 g/mol. The maximum absolute atomic E-state index is 12.7. The molecule has 4 rings (SSSR count). The number of hydrogen-bond donors (Lipinski definition) is 1. The molecule has 2 heterocycles. The topological polar surface area (TPSA) is 72.1 Å². The highest BCUT2D eigenvalue weighted by Gasteiger charge is 2.25. The summed E-state index contributed by atoms with van der Waals surface area (Å²) in [6.45, 7) is 1.01. The van der Waals surface area contributed by atoms with E-state index in [9.17, 15) is 4.79 Å². The van der Waals surface area contributed by atoms with Crippen LogP contribution in [0.25, 0.3) is 10.8 Å². The fourth-order valence-corrected chi connectivity index (χ4v) is 2.82. The molecule has 0 bridgehead atoms. The summed E-state index contributed by atoms with van der Waals surface area (Å²) in [5.41, 5.74) is 8.08. The van der Waals surface area contributed by atoms with Crippen molar-refractivity contribution in [1.82, 2.24) is 14.9 Å². The minimum atomic E-state index is 0.00215. The van der Waals surface area contributed by atoms with Gasteiger partial charge in [-0.25, -0.2) is 9.97 Å². The monoisotopic (exact) mass is 290 g/mol. The van der Waals surface area contributed by atoms with Gasteiger partial charge < -0.3 is 10.6 Å². The van der Waals surface area contributed by atoms with Crippen LogP contribution in [-0.4, -0.2) is 20.8 Å². The maximum atomic E-state index is 12.7. The number of nitrogen functional groups attached to an aromatic ring is 1. The van der Waals surface area contributed by atoms with E-state index in [1.54, 1.807) is 11.1 Å². The molecule has 0 unspecified atom stereocenters. The molecule has 0 radical (unpaired) electrons. The van der Waals surface area contributed by atoms with Crippen LogP contribution in [0.3, 0.4) is 0 Å². The molecule has 1 aliphatic rings. The van der Waals surface area contributed by atoms with Crippen LogP contribution in [0.1, 0.15) is 21.6 Å².